The zero-order valence-electron chi connectivity index (χ0n) is 22.2. The van der Waals surface area contributed by atoms with Crippen molar-refractivity contribution in [1.29, 1.82) is 0 Å². The lowest BCUT2D eigenvalue weighted by Gasteiger charge is -2.28. The van der Waals surface area contributed by atoms with Crippen molar-refractivity contribution in [3.63, 3.8) is 0 Å². The average Bonchev–Trinajstić information content (AvgIpc) is 3.40. The van der Waals surface area contributed by atoms with Crippen molar-refractivity contribution in [1.82, 2.24) is 19.8 Å². The summed E-state index contributed by atoms with van der Waals surface area (Å²) < 4.78 is 2.33. The van der Waals surface area contributed by atoms with E-state index in [1.54, 1.807) is 0 Å². The lowest BCUT2D eigenvalue weighted by molar-refractivity contribution is -0.116. The Bertz CT molecular complexity index is 1460. The Balaban J connectivity index is 1.50. The van der Waals surface area contributed by atoms with Crippen molar-refractivity contribution in [3.8, 4) is 5.69 Å². The molecule has 0 unspecified atom stereocenters. The highest BCUT2D eigenvalue weighted by Gasteiger charge is 2.41. The van der Waals surface area contributed by atoms with Crippen LogP contribution in [0.1, 0.15) is 52.3 Å². The van der Waals surface area contributed by atoms with E-state index in [4.69, 9.17) is 12.2 Å². The number of hydrogen-bond acceptors (Lipinski definition) is 3. The van der Waals surface area contributed by atoms with Crippen molar-refractivity contribution in [2.45, 2.75) is 46.2 Å². The third-order valence-corrected chi connectivity index (χ3v) is 7.79. The van der Waals surface area contributed by atoms with Gasteiger partial charge in [0.25, 0.3) is 0 Å². The molecular formula is C31H33N5OS. The highest BCUT2D eigenvalue weighted by atomic mass is 32.1. The van der Waals surface area contributed by atoms with E-state index in [-0.39, 0.29) is 18.0 Å². The first-order valence-electron chi connectivity index (χ1n) is 12.9. The van der Waals surface area contributed by atoms with Crippen molar-refractivity contribution in [2.75, 3.05) is 11.9 Å². The lowest BCUT2D eigenvalue weighted by Crippen LogP contribution is -2.32. The van der Waals surface area contributed by atoms with Gasteiger partial charge < -0.3 is 20.1 Å². The van der Waals surface area contributed by atoms with E-state index in [9.17, 15) is 4.79 Å². The Kier molecular flexibility index (Phi) is 7.29. The summed E-state index contributed by atoms with van der Waals surface area (Å²) in [5, 5.41) is 7.14. The van der Waals surface area contributed by atoms with Gasteiger partial charge in [-0.05, 0) is 93.0 Å². The second-order valence-corrected chi connectivity index (χ2v) is 10.3. The summed E-state index contributed by atoms with van der Waals surface area (Å²) in [7, 11) is 0. The molecule has 2 atom stereocenters. The molecule has 4 aromatic rings. The second-order valence-electron chi connectivity index (χ2n) is 9.87. The number of amides is 1. The molecule has 1 amide bonds. The van der Waals surface area contributed by atoms with Crippen LogP contribution in [0, 0.1) is 27.7 Å². The van der Waals surface area contributed by atoms with E-state index < -0.39 is 0 Å². The van der Waals surface area contributed by atoms with Gasteiger partial charge in [0.05, 0.1) is 17.8 Å². The minimum Gasteiger partial charge on any atom is -0.352 e. The van der Waals surface area contributed by atoms with E-state index in [0.29, 0.717) is 18.1 Å². The average molecular weight is 524 g/mol. The first-order valence-corrected chi connectivity index (χ1v) is 13.3. The summed E-state index contributed by atoms with van der Waals surface area (Å²) in [6.07, 6.45) is 2.13. The van der Waals surface area contributed by atoms with Crippen molar-refractivity contribution >= 4 is 28.9 Å². The van der Waals surface area contributed by atoms with E-state index >= 15 is 0 Å². The number of thiocarbonyl (C=S) groups is 1. The molecule has 0 aliphatic carbocycles. The van der Waals surface area contributed by atoms with Crippen LogP contribution in [0.5, 0.6) is 0 Å². The van der Waals surface area contributed by atoms with Gasteiger partial charge in [-0.25, -0.2) is 0 Å². The predicted molar refractivity (Wildman–Crippen MR) is 157 cm³/mol. The van der Waals surface area contributed by atoms with Crippen molar-refractivity contribution in [3.05, 3.63) is 113 Å². The number of pyridine rings is 1. The van der Waals surface area contributed by atoms with Gasteiger partial charge in [0.15, 0.2) is 5.11 Å². The van der Waals surface area contributed by atoms with E-state index in [2.05, 4.69) is 77.0 Å². The Hall–Kier alpha value is -3.97. The van der Waals surface area contributed by atoms with Crippen molar-refractivity contribution in [2.24, 2.45) is 0 Å². The summed E-state index contributed by atoms with van der Waals surface area (Å²) in [6.45, 7) is 9.12. The Morgan fingerprint density at radius 3 is 2.50 bits per heavy atom. The topological polar surface area (TPSA) is 62.2 Å². The van der Waals surface area contributed by atoms with Crippen LogP contribution in [-0.2, 0) is 4.79 Å². The number of anilines is 1. The maximum atomic E-state index is 12.8. The fourth-order valence-electron chi connectivity index (χ4n) is 5.39. The molecule has 2 aromatic carbocycles. The van der Waals surface area contributed by atoms with Gasteiger partial charge in [-0.1, -0.05) is 36.4 Å². The molecule has 7 heteroatoms. The molecule has 3 heterocycles. The predicted octanol–water partition coefficient (Wildman–Crippen LogP) is 6.11. The Morgan fingerprint density at radius 2 is 1.76 bits per heavy atom. The van der Waals surface area contributed by atoms with Gasteiger partial charge >= 0.3 is 0 Å². The van der Waals surface area contributed by atoms with Gasteiger partial charge in [-0.15, -0.1) is 0 Å². The highest BCUT2D eigenvalue weighted by Crippen LogP contribution is 2.41. The van der Waals surface area contributed by atoms with E-state index in [0.717, 1.165) is 22.8 Å². The van der Waals surface area contributed by atoms with E-state index in [1.807, 2.05) is 54.7 Å². The van der Waals surface area contributed by atoms with E-state index in [1.165, 1.54) is 22.4 Å². The summed E-state index contributed by atoms with van der Waals surface area (Å²) >= 11 is 5.84. The van der Waals surface area contributed by atoms with Crippen molar-refractivity contribution < 1.29 is 4.79 Å². The van der Waals surface area contributed by atoms with Crippen LogP contribution in [0.4, 0.5) is 5.69 Å². The molecule has 2 N–H and O–H groups in total. The second kappa shape index (κ2) is 10.8. The van der Waals surface area contributed by atoms with Gasteiger partial charge in [0, 0.05) is 41.9 Å². The smallest absolute Gasteiger partial charge is 0.226 e. The number of benzene rings is 2. The van der Waals surface area contributed by atoms with Gasteiger partial charge in [0.1, 0.15) is 0 Å². The number of carbonyl (C=O) groups is 1. The minimum atomic E-state index is -0.131. The third-order valence-electron chi connectivity index (χ3n) is 7.44. The van der Waals surface area contributed by atoms with Gasteiger partial charge in [-0.3, -0.25) is 9.78 Å². The number of aromatic nitrogens is 2. The van der Waals surface area contributed by atoms with Crippen LogP contribution >= 0.6 is 12.2 Å². The zero-order valence-corrected chi connectivity index (χ0v) is 23.0. The molecule has 1 saturated heterocycles. The molecule has 0 spiro atoms. The first-order chi connectivity index (χ1) is 18.3. The molecule has 1 fully saturated rings. The molecular weight excluding hydrogens is 490 g/mol. The lowest BCUT2D eigenvalue weighted by atomic mass is 9.96. The first kappa shape index (κ1) is 25.7. The monoisotopic (exact) mass is 523 g/mol. The quantitative estimate of drug-likeness (QED) is 0.286. The number of nitrogens with one attached hydrogen (secondary N) is 2. The fraction of sp³-hybridized carbons (Fsp3) is 0.258. The number of hydrogen-bond donors (Lipinski definition) is 2. The normalized spacial score (nSPS) is 16.9. The molecule has 0 radical (unpaired) electrons. The Labute approximate surface area is 229 Å². The molecule has 1 aliphatic rings. The van der Waals surface area contributed by atoms with Crippen LogP contribution in [0.2, 0.25) is 0 Å². The van der Waals surface area contributed by atoms with Gasteiger partial charge in [-0.2, -0.15) is 0 Å². The van der Waals surface area contributed by atoms with Crippen LogP contribution in [0.25, 0.3) is 5.69 Å². The number of rotatable bonds is 7. The maximum Gasteiger partial charge on any atom is 0.226 e. The number of carbonyl (C=O) groups excluding carboxylic acids is 1. The third kappa shape index (κ3) is 4.94. The van der Waals surface area contributed by atoms with Crippen LogP contribution in [0.15, 0.2) is 79.0 Å². The zero-order chi connectivity index (χ0) is 26.8. The molecule has 2 aromatic heterocycles. The Morgan fingerprint density at radius 1 is 1.00 bits per heavy atom. The maximum absolute atomic E-state index is 12.8. The summed E-state index contributed by atoms with van der Waals surface area (Å²) in [5.74, 6) is -0.0418. The molecule has 0 saturated carbocycles. The largest absolute Gasteiger partial charge is 0.352 e. The molecule has 194 valence electrons. The standard InChI is InChI=1S/C31H33N5OS/c1-20-11-10-15-27(22(20)3)36-21(2)19-25(23(36)4)30-29(26-14-8-9-17-32-26)34-31(38)35(30)18-16-28(37)33-24-12-6-5-7-13-24/h5-15,17,19,29-30H,16,18H2,1-4H3,(H,33,37)(H,34,38)/t29-,30+/m0/s1. The summed E-state index contributed by atoms with van der Waals surface area (Å²) in [5.41, 5.74) is 8.91. The highest BCUT2D eigenvalue weighted by molar-refractivity contribution is 7.80. The molecule has 38 heavy (non-hydrogen) atoms. The molecule has 6 nitrogen and oxygen atoms in total. The van der Waals surface area contributed by atoms with Gasteiger partial charge in [0.2, 0.25) is 5.91 Å². The molecule has 0 bridgehead atoms. The molecule has 1 aliphatic heterocycles. The van der Waals surface area contributed by atoms with Crippen LogP contribution < -0.4 is 10.6 Å². The van der Waals surface area contributed by atoms with Crippen LogP contribution in [0.3, 0.4) is 0 Å². The number of para-hydroxylation sites is 1. The van der Waals surface area contributed by atoms with Crippen LogP contribution in [-0.4, -0.2) is 32.0 Å². The number of nitrogens with zero attached hydrogens (tertiary/aromatic N) is 3. The fourth-order valence-corrected chi connectivity index (χ4v) is 5.72. The summed E-state index contributed by atoms with van der Waals surface area (Å²) in [4.78, 5) is 19.6. The SMILES string of the molecule is Cc1cccc(-n2c(C)cc([C@@H]3[C@H](c4ccccn4)NC(=S)N3CCC(=O)Nc3ccccc3)c2C)c1C. The summed E-state index contributed by atoms with van der Waals surface area (Å²) in [6, 6.07) is 23.9. The minimum absolute atomic E-state index is 0.0418. The number of aryl methyl sites for hydroxylation is 2. The molecule has 5 rings (SSSR count).